The maximum absolute atomic E-state index is 4.73. The van der Waals surface area contributed by atoms with Gasteiger partial charge in [-0.1, -0.05) is 43.5 Å². The standard InChI is InChI=1S/C15H17NS/c1-2-7-13(8-3-1)17-15-11-10-12-6-4-5-9-14(12)16-15/h4-6,9-11,13H,1-3,7-8H2. The summed E-state index contributed by atoms with van der Waals surface area (Å²) in [5.41, 5.74) is 1.12. The van der Waals surface area contributed by atoms with E-state index in [0.717, 1.165) is 10.8 Å². The normalized spacial score (nSPS) is 17.4. The highest BCUT2D eigenvalue weighted by Gasteiger charge is 2.15. The summed E-state index contributed by atoms with van der Waals surface area (Å²) in [5, 5.41) is 3.22. The number of thioether (sulfide) groups is 1. The molecule has 17 heavy (non-hydrogen) atoms. The first-order valence-corrected chi connectivity index (χ1v) is 7.32. The van der Waals surface area contributed by atoms with Crippen LogP contribution in [0.1, 0.15) is 32.1 Å². The van der Waals surface area contributed by atoms with E-state index in [1.165, 1.54) is 42.5 Å². The quantitative estimate of drug-likeness (QED) is 0.761. The van der Waals surface area contributed by atoms with Gasteiger partial charge in [0.25, 0.3) is 0 Å². The van der Waals surface area contributed by atoms with Crippen LogP contribution < -0.4 is 0 Å². The van der Waals surface area contributed by atoms with E-state index in [1.54, 1.807) is 0 Å². The fourth-order valence-electron chi connectivity index (χ4n) is 2.47. The van der Waals surface area contributed by atoms with Gasteiger partial charge in [0.2, 0.25) is 0 Å². The Morgan fingerprint density at radius 2 is 1.76 bits per heavy atom. The van der Waals surface area contributed by atoms with Crippen molar-refractivity contribution < 1.29 is 0 Å². The Kier molecular flexibility index (Phi) is 3.32. The SMILES string of the molecule is c1ccc2nc(SC3CCCCC3)ccc2c1. The predicted octanol–water partition coefficient (Wildman–Crippen LogP) is 4.66. The van der Waals surface area contributed by atoms with E-state index in [2.05, 4.69) is 36.4 Å². The zero-order valence-electron chi connectivity index (χ0n) is 9.93. The molecule has 1 aromatic heterocycles. The summed E-state index contributed by atoms with van der Waals surface area (Å²) < 4.78 is 0. The lowest BCUT2D eigenvalue weighted by atomic mass is 10.0. The summed E-state index contributed by atoms with van der Waals surface area (Å²) in [6.45, 7) is 0. The number of rotatable bonds is 2. The minimum absolute atomic E-state index is 0.789. The van der Waals surface area contributed by atoms with Gasteiger partial charge in [-0.2, -0.15) is 0 Å². The maximum Gasteiger partial charge on any atom is 0.0970 e. The molecule has 1 heterocycles. The molecule has 1 saturated carbocycles. The van der Waals surface area contributed by atoms with E-state index < -0.39 is 0 Å². The first-order valence-electron chi connectivity index (χ1n) is 6.44. The lowest BCUT2D eigenvalue weighted by Crippen LogP contribution is -2.07. The van der Waals surface area contributed by atoms with Crippen molar-refractivity contribution >= 4 is 22.7 Å². The molecule has 0 aliphatic heterocycles. The molecular weight excluding hydrogens is 226 g/mol. The van der Waals surface area contributed by atoms with Crippen LogP contribution in [0, 0.1) is 0 Å². The van der Waals surface area contributed by atoms with Crippen molar-refractivity contribution in [3.63, 3.8) is 0 Å². The highest BCUT2D eigenvalue weighted by molar-refractivity contribution is 7.99. The van der Waals surface area contributed by atoms with Crippen molar-refractivity contribution in [2.45, 2.75) is 42.4 Å². The molecule has 2 aromatic rings. The molecule has 88 valence electrons. The third kappa shape index (κ3) is 2.63. The summed E-state index contributed by atoms with van der Waals surface area (Å²) in [4.78, 5) is 4.73. The van der Waals surface area contributed by atoms with Crippen LogP contribution in [0.25, 0.3) is 10.9 Å². The molecule has 0 spiro atoms. The number of hydrogen-bond donors (Lipinski definition) is 0. The average molecular weight is 243 g/mol. The molecule has 0 N–H and O–H groups in total. The minimum Gasteiger partial charge on any atom is -0.241 e. The molecule has 0 amide bonds. The van der Waals surface area contributed by atoms with Gasteiger partial charge in [0.1, 0.15) is 0 Å². The smallest absolute Gasteiger partial charge is 0.0970 e. The van der Waals surface area contributed by atoms with E-state index in [1.807, 2.05) is 11.8 Å². The van der Waals surface area contributed by atoms with Crippen LogP contribution in [-0.4, -0.2) is 10.2 Å². The summed E-state index contributed by atoms with van der Waals surface area (Å²) in [5.74, 6) is 0. The average Bonchev–Trinajstić information content (AvgIpc) is 2.40. The lowest BCUT2D eigenvalue weighted by molar-refractivity contribution is 0.516. The largest absolute Gasteiger partial charge is 0.241 e. The minimum atomic E-state index is 0.789. The van der Waals surface area contributed by atoms with E-state index in [9.17, 15) is 0 Å². The third-order valence-corrected chi connectivity index (χ3v) is 4.69. The Balaban J connectivity index is 1.80. The van der Waals surface area contributed by atoms with Crippen molar-refractivity contribution in [2.24, 2.45) is 0 Å². The zero-order valence-corrected chi connectivity index (χ0v) is 10.7. The Bertz CT molecular complexity index is 503. The van der Waals surface area contributed by atoms with Gasteiger partial charge in [-0.05, 0) is 25.0 Å². The number of nitrogens with zero attached hydrogens (tertiary/aromatic N) is 1. The number of aromatic nitrogens is 1. The first kappa shape index (κ1) is 11.1. The molecule has 3 rings (SSSR count). The highest BCUT2D eigenvalue weighted by Crippen LogP contribution is 2.33. The molecule has 0 bridgehead atoms. The van der Waals surface area contributed by atoms with Gasteiger partial charge in [0.15, 0.2) is 0 Å². The molecule has 0 atom stereocenters. The van der Waals surface area contributed by atoms with Gasteiger partial charge in [-0.3, -0.25) is 0 Å². The molecule has 2 heteroatoms. The monoisotopic (exact) mass is 243 g/mol. The zero-order chi connectivity index (χ0) is 11.5. The van der Waals surface area contributed by atoms with Crippen molar-refractivity contribution in [3.8, 4) is 0 Å². The third-order valence-electron chi connectivity index (χ3n) is 3.41. The second kappa shape index (κ2) is 5.09. The molecule has 1 aromatic carbocycles. The first-order chi connectivity index (χ1) is 8.42. The van der Waals surface area contributed by atoms with E-state index in [4.69, 9.17) is 4.98 Å². The van der Waals surface area contributed by atoms with Crippen LogP contribution in [0.15, 0.2) is 41.4 Å². The van der Waals surface area contributed by atoms with Crippen LogP contribution in [0.4, 0.5) is 0 Å². The summed E-state index contributed by atoms with van der Waals surface area (Å²) in [6.07, 6.45) is 6.93. The second-order valence-electron chi connectivity index (χ2n) is 4.72. The van der Waals surface area contributed by atoms with Gasteiger partial charge < -0.3 is 0 Å². The van der Waals surface area contributed by atoms with Crippen molar-refractivity contribution in [1.29, 1.82) is 0 Å². The van der Waals surface area contributed by atoms with Crippen molar-refractivity contribution in [1.82, 2.24) is 4.98 Å². The Morgan fingerprint density at radius 3 is 2.65 bits per heavy atom. The molecule has 0 radical (unpaired) electrons. The molecular formula is C15H17NS. The van der Waals surface area contributed by atoms with Crippen LogP contribution >= 0.6 is 11.8 Å². The van der Waals surface area contributed by atoms with E-state index in [-0.39, 0.29) is 0 Å². The Labute approximate surface area is 107 Å². The lowest BCUT2D eigenvalue weighted by Gasteiger charge is -2.20. The van der Waals surface area contributed by atoms with Crippen molar-refractivity contribution in [3.05, 3.63) is 36.4 Å². The number of fused-ring (bicyclic) bond motifs is 1. The molecule has 1 nitrogen and oxygen atoms in total. The van der Waals surface area contributed by atoms with Crippen LogP contribution in [0.5, 0.6) is 0 Å². The van der Waals surface area contributed by atoms with Crippen LogP contribution in [-0.2, 0) is 0 Å². The van der Waals surface area contributed by atoms with Gasteiger partial charge >= 0.3 is 0 Å². The van der Waals surface area contributed by atoms with Crippen molar-refractivity contribution in [2.75, 3.05) is 0 Å². The molecule has 1 fully saturated rings. The van der Waals surface area contributed by atoms with Gasteiger partial charge in [-0.15, -0.1) is 11.8 Å². The van der Waals surface area contributed by atoms with E-state index in [0.29, 0.717) is 0 Å². The highest BCUT2D eigenvalue weighted by atomic mass is 32.2. The number of benzene rings is 1. The topological polar surface area (TPSA) is 12.9 Å². The summed E-state index contributed by atoms with van der Waals surface area (Å²) in [6, 6.07) is 12.7. The molecule has 0 saturated heterocycles. The number of pyridine rings is 1. The van der Waals surface area contributed by atoms with Crippen LogP contribution in [0.2, 0.25) is 0 Å². The number of hydrogen-bond acceptors (Lipinski definition) is 2. The Hall–Kier alpha value is -1.02. The summed E-state index contributed by atoms with van der Waals surface area (Å²) in [7, 11) is 0. The van der Waals surface area contributed by atoms with Gasteiger partial charge in [0.05, 0.1) is 10.5 Å². The predicted molar refractivity (Wildman–Crippen MR) is 74.5 cm³/mol. The second-order valence-corrected chi connectivity index (χ2v) is 6.04. The van der Waals surface area contributed by atoms with Gasteiger partial charge in [0, 0.05) is 10.6 Å². The summed E-state index contributed by atoms with van der Waals surface area (Å²) >= 11 is 1.97. The Morgan fingerprint density at radius 1 is 0.941 bits per heavy atom. The fraction of sp³-hybridized carbons (Fsp3) is 0.400. The number of para-hydroxylation sites is 1. The van der Waals surface area contributed by atoms with Gasteiger partial charge in [-0.25, -0.2) is 4.98 Å². The molecule has 1 aliphatic rings. The van der Waals surface area contributed by atoms with E-state index >= 15 is 0 Å². The molecule has 0 unspecified atom stereocenters. The maximum atomic E-state index is 4.73. The molecule has 1 aliphatic carbocycles. The van der Waals surface area contributed by atoms with Crippen LogP contribution in [0.3, 0.4) is 0 Å². The fourth-order valence-corrected chi connectivity index (χ4v) is 3.67.